The molecule has 1 aliphatic rings. The molecule has 0 radical (unpaired) electrons. The van der Waals surface area contributed by atoms with Gasteiger partial charge in [0.15, 0.2) is 5.96 Å². The summed E-state index contributed by atoms with van der Waals surface area (Å²) < 4.78 is 5.79. The van der Waals surface area contributed by atoms with Crippen molar-refractivity contribution in [2.24, 2.45) is 4.99 Å². The molecule has 2 N–H and O–H groups in total. The molecular weight excluding hydrogens is 340 g/mol. The van der Waals surface area contributed by atoms with Crippen molar-refractivity contribution in [3.63, 3.8) is 0 Å². The third kappa shape index (κ3) is 5.65. The van der Waals surface area contributed by atoms with Crippen LogP contribution in [0.15, 0.2) is 47.7 Å². The zero-order valence-electron chi connectivity index (χ0n) is 16.2. The highest BCUT2D eigenvalue weighted by atomic mass is 16.5. The van der Waals surface area contributed by atoms with Crippen LogP contribution in [-0.2, 0) is 17.8 Å². The summed E-state index contributed by atoms with van der Waals surface area (Å²) in [5.41, 5.74) is 2.08. The number of hydrogen-bond acceptors (Lipinski definition) is 5. The van der Waals surface area contributed by atoms with Crippen LogP contribution < -0.4 is 15.5 Å². The van der Waals surface area contributed by atoms with Crippen molar-refractivity contribution >= 4 is 11.8 Å². The van der Waals surface area contributed by atoms with E-state index in [1.807, 2.05) is 24.4 Å². The lowest BCUT2D eigenvalue weighted by molar-refractivity contribution is -0.00545. The lowest BCUT2D eigenvalue weighted by Crippen LogP contribution is -2.45. The van der Waals surface area contributed by atoms with Crippen LogP contribution in [0.25, 0.3) is 0 Å². The number of pyridine rings is 2. The van der Waals surface area contributed by atoms with E-state index >= 15 is 0 Å². The van der Waals surface area contributed by atoms with Crippen LogP contribution in [0.1, 0.15) is 25.1 Å². The van der Waals surface area contributed by atoms with Crippen molar-refractivity contribution in [1.29, 1.82) is 0 Å². The van der Waals surface area contributed by atoms with Crippen molar-refractivity contribution in [3.05, 3.63) is 54.0 Å². The van der Waals surface area contributed by atoms with E-state index in [0.29, 0.717) is 13.1 Å². The molecule has 0 aliphatic carbocycles. The van der Waals surface area contributed by atoms with Crippen molar-refractivity contribution in [3.8, 4) is 0 Å². The van der Waals surface area contributed by atoms with Gasteiger partial charge in [-0.15, -0.1) is 0 Å². The fraction of sp³-hybridized carbons (Fsp3) is 0.450. The minimum absolute atomic E-state index is 0.227. The summed E-state index contributed by atoms with van der Waals surface area (Å²) in [6.45, 7) is 7.24. The lowest BCUT2D eigenvalue weighted by Gasteiger charge is -2.36. The fourth-order valence-electron chi connectivity index (χ4n) is 3.16. The molecule has 2 aromatic heterocycles. The molecule has 27 heavy (non-hydrogen) atoms. The number of ether oxygens (including phenoxy) is 1. The SMILES string of the molecule is CN=C(NCc1ccc(N2CC(C)OC(C)C2)nc1)NCc1ccccn1. The molecule has 2 aromatic rings. The Bertz CT molecular complexity index is 724. The number of hydrogen-bond donors (Lipinski definition) is 2. The van der Waals surface area contributed by atoms with Gasteiger partial charge in [-0.1, -0.05) is 12.1 Å². The molecule has 3 heterocycles. The van der Waals surface area contributed by atoms with E-state index in [-0.39, 0.29) is 12.2 Å². The second-order valence-electron chi connectivity index (χ2n) is 6.79. The molecule has 3 rings (SSSR count). The molecule has 144 valence electrons. The number of anilines is 1. The van der Waals surface area contributed by atoms with E-state index in [2.05, 4.69) is 56.5 Å². The first kappa shape index (κ1) is 19.1. The molecular formula is C20H28N6O. The monoisotopic (exact) mass is 368 g/mol. The first-order valence-electron chi connectivity index (χ1n) is 9.34. The minimum atomic E-state index is 0.227. The number of rotatable bonds is 5. The molecule has 7 nitrogen and oxygen atoms in total. The third-order valence-corrected chi connectivity index (χ3v) is 4.40. The van der Waals surface area contributed by atoms with Crippen LogP contribution in [0.4, 0.5) is 5.82 Å². The van der Waals surface area contributed by atoms with Gasteiger partial charge in [0.05, 0.1) is 24.4 Å². The van der Waals surface area contributed by atoms with Crippen LogP contribution in [-0.4, -0.2) is 48.3 Å². The van der Waals surface area contributed by atoms with Gasteiger partial charge in [-0.2, -0.15) is 0 Å². The van der Waals surface area contributed by atoms with Gasteiger partial charge in [0.2, 0.25) is 0 Å². The number of nitrogens with zero attached hydrogens (tertiary/aromatic N) is 4. The molecule has 2 unspecified atom stereocenters. The molecule has 0 amide bonds. The normalized spacial score (nSPS) is 20.4. The molecule has 0 saturated carbocycles. The summed E-state index contributed by atoms with van der Waals surface area (Å²) in [5.74, 6) is 1.74. The maximum atomic E-state index is 5.79. The summed E-state index contributed by atoms with van der Waals surface area (Å²) in [7, 11) is 1.76. The average molecular weight is 368 g/mol. The van der Waals surface area contributed by atoms with E-state index in [1.165, 1.54) is 0 Å². The molecule has 1 saturated heterocycles. The molecule has 0 aromatic carbocycles. The van der Waals surface area contributed by atoms with Crippen LogP contribution >= 0.6 is 0 Å². The van der Waals surface area contributed by atoms with Gasteiger partial charge in [-0.25, -0.2) is 4.98 Å². The number of morpholine rings is 1. The summed E-state index contributed by atoms with van der Waals surface area (Å²) in [6, 6.07) is 10.0. The predicted molar refractivity (Wildman–Crippen MR) is 108 cm³/mol. The second-order valence-corrected chi connectivity index (χ2v) is 6.79. The Morgan fingerprint density at radius 1 is 1.11 bits per heavy atom. The van der Waals surface area contributed by atoms with Gasteiger partial charge >= 0.3 is 0 Å². The fourth-order valence-corrected chi connectivity index (χ4v) is 3.16. The van der Waals surface area contributed by atoms with Gasteiger partial charge in [-0.3, -0.25) is 9.98 Å². The lowest BCUT2D eigenvalue weighted by atomic mass is 10.2. The second kappa shape index (κ2) is 9.32. The van der Waals surface area contributed by atoms with Gasteiger partial charge in [0.1, 0.15) is 5.82 Å². The Labute approximate surface area is 160 Å². The van der Waals surface area contributed by atoms with Crippen LogP contribution in [0.5, 0.6) is 0 Å². The van der Waals surface area contributed by atoms with E-state index in [1.54, 1.807) is 13.2 Å². The Hall–Kier alpha value is -2.67. The highest BCUT2D eigenvalue weighted by Gasteiger charge is 2.22. The first-order valence-corrected chi connectivity index (χ1v) is 9.34. The maximum Gasteiger partial charge on any atom is 0.191 e. The molecule has 0 bridgehead atoms. The Morgan fingerprint density at radius 2 is 1.89 bits per heavy atom. The Balaban J connectivity index is 1.50. The minimum Gasteiger partial charge on any atom is -0.372 e. The van der Waals surface area contributed by atoms with Gasteiger partial charge in [0.25, 0.3) is 0 Å². The van der Waals surface area contributed by atoms with Crippen LogP contribution in [0.3, 0.4) is 0 Å². The first-order chi connectivity index (χ1) is 13.1. The molecule has 1 fully saturated rings. The van der Waals surface area contributed by atoms with E-state index < -0.39 is 0 Å². The number of aliphatic imine (C=N–C) groups is 1. The average Bonchev–Trinajstić information content (AvgIpc) is 2.68. The van der Waals surface area contributed by atoms with E-state index in [0.717, 1.165) is 36.1 Å². The van der Waals surface area contributed by atoms with Crippen molar-refractivity contribution in [1.82, 2.24) is 20.6 Å². The van der Waals surface area contributed by atoms with Crippen molar-refractivity contribution in [2.45, 2.75) is 39.1 Å². The largest absolute Gasteiger partial charge is 0.372 e. The zero-order chi connectivity index (χ0) is 19.1. The summed E-state index contributed by atoms with van der Waals surface area (Å²) in [5, 5.41) is 6.57. The van der Waals surface area contributed by atoms with Gasteiger partial charge in [0, 0.05) is 39.1 Å². The zero-order valence-corrected chi connectivity index (χ0v) is 16.2. The Morgan fingerprint density at radius 3 is 2.52 bits per heavy atom. The van der Waals surface area contributed by atoms with E-state index in [9.17, 15) is 0 Å². The van der Waals surface area contributed by atoms with Gasteiger partial charge in [-0.05, 0) is 37.6 Å². The summed E-state index contributed by atoms with van der Waals surface area (Å²) in [6.07, 6.45) is 4.16. The van der Waals surface area contributed by atoms with E-state index in [4.69, 9.17) is 4.74 Å². The topological polar surface area (TPSA) is 74.7 Å². The highest BCUT2D eigenvalue weighted by molar-refractivity contribution is 5.79. The molecule has 2 atom stereocenters. The van der Waals surface area contributed by atoms with Crippen molar-refractivity contribution in [2.75, 3.05) is 25.0 Å². The van der Waals surface area contributed by atoms with Crippen molar-refractivity contribution < 1.29 is 4.74 Å². The summed E-state index contributed by atoms with van der Waals surface area (Å²) in [4.78, 5) is 15.5. The molecule has 1 aliphatic heterocycles. The maximum absolute atomic E-state index is 5.79. The standard InChI is InChI=1S/C20H28N6O/c1-15-13-26(14-16(2)27-15)19-8-7-17(10-23-19)11-24-20(21-3)25-12-18-6-4-5-9-22-18/h4-10,15-16H,11-14H2,1-3H3,(H2,21,24,25). The smallest absolute Gasteiger partial charge is 0.191 e. The Kier molecular flexibility index (Phi) is 6.59. The third-order valence-electron chi connectivity index (χ3n) is 4.40. The summed E-state index contributed by atoms with van der Waals surface area (Å²) >= 11 is 0. The number of guanidine groups is 1. The molecule has 0 spiro atoms. The quantitative estimate of drug-likeness (QED) is 0.621. The number of aromatic nitrogens is 2. The molecule has 7 heteroatoms. The van der Waals surface area contributed by atoms with Gasteiger partial charge < -0.3 is 20.3 Å². The van der Waals surface area contributed by atoms with Crippen LogP contribution in [0.2, 0.25) is 0 Å². The van der Waals surface area contributed by atoms with Crippen LogP contribution in [0, 0.1) is 0 Å². The highest BCUT2D eigenvalue weighted by Crippen LogP contribution is 2.18. The predicted octanol–water partition coefficient (Wildman–Crippen LogP) is 1.96. The number of nitrogens with one attached hydrogen (secondary N) is 2.